The lowest BCUT2D eigenvalue weighted by Gasteiger charge is -2.19. The SMILES string of the molecule is C1=CC2Sc3c(-c4cccc5c6ccccc6n(-c6cc(-n7c8ccccc8c8cccc(-c9cccc%10c9sc9ccccc9%10)c87)nc(-n7c8ccccc8c8cccc(-c9cccc%10c9sc9ccccc9%10)c87)c6)c45)cccc3C2C=C1. The van der Waals surface area contributed by atoms with Crippen LogP contribution in [0, 0.1) is 0 Å². The first-order chi connectivity index (χ1) is 41.7. The minimum absolute atomic E-state index is 0.342. The summed E-state index contributed by atoms with van der Waals surface area (Å²) in [4.78, 5) is 7.49. The molecule has 2 atom stereocenters. The molecule has 0 saturated heterocycles. The number of pyridine rings is 1. The van der Waals surface area contributed by atoms with Crippen LogP contribution in [-0.2, 0) is 0 Å². The average Bonchev–Trinajstić information content (AvgIpc) is 2.03. The highest BCUT2D eigenvalue weighted by Gasteiger charge is 2.34. The van der Waals surface area contributed by atoms with E-state index in [1.807, 2.05) is 34.4 Å². The molecule has 0 bridgehead atoms. The van der Waals surface area contributed by atoms with Crippen LogP contribution in [-0.4, -0.2) is 23.9 Å². The van der Waals surface area contributed by atoms with Crippen LogP contribution in [0.1, 0.15) is 11.5 Å². The van der Waals surface area contributed by atoms with Crippen molar-refractivity contribution in [2.45, 2.75) is 16.1 Å². The molecule has 0 amide bonds. The molecule has 0 N–H and O–H groups in total. The fourth-order valence-electron chi connectivity index (χ4n) is 14.5. The number of thioether (sulfide) groups is 1. The lowest BCUT2D eigenvalue weighted by molar-refractivity contribution is 0.881. The van der Waals surface area contributed by atoms with Gasteiger partial charge in [0.1, 0.15) is 11.6 Å². The van der Waals surface area contributed by atoms with Gasteiger partial charge < -0.3 is 4.57 Å². The van der Waals surface area contributed by atoms with E-state index in [1.54, 1.807) is 0 Å². The Morgan fingerprint density at radius 3 is 1.25 bits per heavy atom. The van der Waals surface area contributed by atoms with Gasteiger partial charge in [0.15, 0.2) is 0 Å². The normalized spacial score (nSPS) is 15.0. The van der Waals surface area contributed by atoms with E-state index in [9.17, 15) is 0 Å². The highest BCUT2D eigenvalue weighted by Crippen LogP contribution is 2.54. The molecule has 2 unspecified atom stereocenters. The van der Waals surface area contributed by atoms with Gasteiger partial charge in [-0.25, -0.2) is 4.98 Å². The Hall–Kier alpha value is -9.76. The predicted octanol–water partition coefficient (Wildman–Crippen LogP) is 21.8. The molecule has 2 aliphatic rings. The van der Waals surface area contributed by atoms with Crippen molar-refractivity contribution in [2.75, 3.05) is 0 Å². The van der Waals surface area contributed by atoms with Crippen LogP contribution >= 0.6 is 34.4 Å². The summed E-state index contributed by atoms with van der Waals surface area (Å²) >= 11 is 5.77. The van der Waals surface area contributed by atoms with Crippen LogP contribution in [0.15, 0.2) is 272 Å². The van der Waals surface area contributed by atoms with Gasteiger partial charge in [-0.15, -0.1) is 34.4 Å². The fourth-order valence-corrected chi connectivity index (χ4v) is 18.4. The second-order valence-electron chi connectivity index (χ2n) is 22.4. The minimum atomic E-state index is 0.342. The maximum atomic E-state index is 6.12. The summed E-state index contributed by atoms with van der Waals surface area (Å²) in [5.41, 5.74) is 16.5. The molecule has 4 nitrogen and oxygen atoms in total. The zero-order valence-electron chi connectivity index (χ0n) is 45.1. The van der Waals surface area contributed by atoms with E-state index in [-0.39, 0.29) is 0 Å². The Kier molecular flexibility index (Phi) is 9.96. The van der Waals surface area contributed by atoms with Crippen molar-refractivity contribution >= 4 is 140 Å². The van der Waals surface area contributed by atoms with Crippen LogP contribution < -0.4 is 0 Å². The quantitative estimate of drug-likeness (QED) is 0.166. The molecule has 11 aromatic carbocycles. The van der Waals surface area contributed by atoms with Gasteiger partial charge >= 0.3 is 0 Å². The van der Waals surface area contributed by atoms with E-state index in [0.717, 1.165) is 44.9 Å². The number of hydrogen-bond donors (Lipinski definition) is 0. The maximum absolute atomic E-state index is 6.12. The molecule has 392 valence electrons. The summed E-state index contributed by atoms with van der Waals surface area (Å²) in [6.07, 6.45) is 9.20. The zero-order valence-corrected chi connectivity index (χ0v) is 47.5. The first-order valence-electron chi connectivity index (χ1n) is 28.8. The topological polar surface area (TPSA) is 27.7 Å². The van der Waals surface area contributed by atoms with Gasteiger partial charge in [-0.2, -0.15) is 0 Å². The second kappa shape index (κ2) is 17.9. The molecule has 7 heterocycles. The molecule has 1 aliphatic heterocycles. The first-order valence-corrected chi connectivity index (χ1v) is 31.3. The van der Waals surface area contributed by atoms with Crippen molar-refractivity contribution in [1.82, 2.24) is 18.7 Å². The molecule has 17 aromatic rings. The fraction of sp³-hybridized carbons (Fsp3) is 0.0260. The molecule has 84 heavy (non-hydrogen) atoms. The van der Waals surface area contributed by atoms with Crippen LogP contribution in [0.3, 0.4) is 0 Å². The smallest absolute Gasteiger partial charge is 0.142 e. The predicted molar refractivity (Wildman–Crippen MR) is 360 cm³/mol. The van der Waals surface area contributed by atoms with E-state index in [1.165, 1.54) is 122 Å². The Bertz CT molecular complexity index is 5510. The Morgan fingerprint density at radius 1 is 0.321 bits per heavy atom. The number of thiophene rings is 2. The monoisotopic (exact) mass is 1120 g/mol. The molecular formula is C77H46N4S3. The van der Waals surface area contributed by atoms with Crippen molar-refractivity contribution in [2.24, 2.45) is 0 Å². The van der Waals surface area contributed by atoms with Gasteiger partial charge in [-0.3, -0.25) is 9.13 Å². The molecule has 7 heteroatoms. The third kappa shape index (κ3) is 6.57. The van der Waals surface area contributed by atoms with Crippen molar-refractivity contribution in [1.29, 1.82) is 0 Å². The standard InChI is InChI=1S/C77H46N4S3/c1-7-37-64-46(19-1)52-25-13-28-55(61-34-16-31-58-49-22-4-10-40-67(49)82-75(58)61)72(52)79(64)45-43-70(80-65-38-8-2-20-47(65)53-26-14-29-56(73(53)80)62-35-17-32-59-50-23-5-11-41-68(50)83-76(59)62)78-71(44-45)81-66-39-9-3-21-48(66)54-27-15-30-57(74(54)81)63-36-18-33-60-51-24-6-12-42-69(51)84-77(60)63/h1-44,49,67H. The highest BCUT2D eigenvalue weighted by molar-refractivity contribution is 8.00. The number of fused-ring (bicyclic) bond motifs is 18. The van der Waals surface area contributed by atoms with Gasteiger partial charge in [0.2, 0.25) is 0 Å². The van der Waals surface area contributed by atoms with Crippen LogP contribution in [0.25, 0.3) is 156 Å². The van der Waals surface area contributed by atoms with Crippen LogP contribution in [0.4, 0.5) is 0 Å². The number of allylic oxidation sites excluding steroid dienone is 3. The van der Waals surface area contributed by atoms with Crippen molar-refractivity contribution < 1.29 is 0 Å². The zero-order chi connectivity index (χ0) is 54.7. The van der Waals surface area contributed by atoms with E-state index in [2.05, 4.69) is 281 Å². The largest absolute Gasteiger partial charge is 0.308 e. The Morgan fingerprint density at radius 2 is 0.714 bits per heavy atom. The van der Waals surface area contributed by atoms with Crippen LogP contribution in [0.5, 0.6) is 0 Å². The summed E-state index contributed by atoms with van der Waals surface area (Å²) in [5, 5.41) is 12.7. The van der Waals surface area contributed by atoms with Gasteiger partial charge in [-0.1, -0.05) is 224 Å². The van der Waals surface area contributed by atoms with Gasteiger partial charge in [0, 0.05) is 129 Å². The summed E-state index contributed by atoms with van der Waals surface area (Å²) < 4.78 is 12.7. The summed E-state index contributed by atoms with van der Waals surface area (Å²) in [7, 11) is 0. The maximum Gasteiger partial charge on any atom is 0.142 e. The van der Waals surface area contributed by atoms with Gasteiger partial charge in [-0.05, 0) is 41.5 Å². The van der Waals surface area contributed by atoms with Crippen molar-refractivity contribution in [3.05, 3.63) is 273 Å². The molecular weight excluding hydrogens is 1080 g/mol. The summed E-state index contributed by atoms with van der Waals surface area (Å²) in [5.74, 6) is 2.01. The third-order valence-corrected chi connectivity index (χ3v) is 21.9. The van der Waals surface area contributed by atoms with E-state index >= 15 is 0 Å². The number of hydrogen-bond acceptors (Lipinski definition) is 4. The minimum Gasteiger partial charge on any atom is -0.308 e. The lowest BCUT2D eigenvalue weighted by Crippen LogP contribution is -2.07. The molecule has 0 saturated carbocycles. The lowest BCUT2D eigenvalue weighted by atomic mass is 9.90. The van der Waals surface area contributed by atoms with E-state index in [4.69, 9.17) is 4.98 Å². The van der Waals surface area contributed by atoms with Gasteiger partial charge in [0.05, 0.1) is 38.8 Å². The molecule has 6 aromatic heterocycles. The molecule has 0 fully saturated rings. The number of rotatable bonds is 6. The Balaban J connectivity index is 0.959. The van der Waals surface area contributed by atoms with Crippen molar-refractivity contribution in [3.63, 3.8) is 0 Å². The number of nitrogens with zero attached hydrogens (tertiary/aromatic N) is 4. The van der Waals surface area contributed by atoms with E-state index in [0.29, 0.717) is 11.2 Å². The van der Waals surface area contributed by atoms with Crippen LogP contribution in [0.2, 0.25) is 0 Å². The summed E-state index contributed by atoms with van der Waals surface area (Å²) in [6.45, 7) is 0. The first kappa shape index (κ1) is 46.8. The highest BCUT2D eigenvalue weighted by atomic mass is 32.2. The Labute approximate surface area is 494 Å². The second-order valence-corrected chi connectivity index (χ2v) is 25.7. The third-order valence-electron chi connectivity index (χ3n) is 18.0. The summed E-state index contributed by atoms with van der Waals surface area (Å²) in [6, 6.07) is 90.6. The number of benzene rings is 11. The molecule has 1 aliphatic carbocycles. The number of para-hydroxylation sites is 6. The molecule has 19 rings (SSSR count). The molecule has 0 spiro atoms. The number of aromatic nitrogens is 4. The molecule has 0 radical (unpaired) electrons. The van der Waals surface area contributed by atoms with Crippen molar-refractivity contribution in [3.8, 4) is 50.7 Å². The average molecular weight is 1120 g/mol. The van der Waals surface area contributed by atoms with Gasteiger partial charge in [0.25, 0.3) is 0 Å². The van der Waals surface area contributed by atoms with E-state index < -0.39 is 0 Å².